The summed E-state index contributed by atoms with van der Waals surface area (Å²) >= 11 is 3.21. The van der Waals surface area contributed by atoms with Crippen LogP contribution in [0.15, 0.2) is 6.20 Å². The van der Waals surface area contributed by atoms with Gasteiger partial charge in [-0.15, -0.1) is 11.3 Å². The Hall–Kier alpha value is -0.550. The van der Waals surface area contributed by atoms with E-state index in [1.165, 1.54) is 18.4 Å². The van der Waals surface area contributed by atoms with Crippen LogP contribution in [0.5, 0.6) is 0 Å². The number of ether oxygens (including phenoxy) is 1. The Morgan fingerprint density at radius 1 is 1.71 bits per heavy atom. The zero-order valence-electron chi connectivity index (χ0n) is 8.44. The summed E-state index contributed by atoms with van der Waals surface area (Å²) in [6.07, 6.45) is 1.58. The lowest BCUT2D eigenvalue weighted by molar-refractivity contribution is 0.0606. The number of hydrogen-bond acceptors (Lipinski definition) is 5. The van der Waals surface area contributed by atoms with E-state index in [1.54, 1.807) is 6.20 Å². The third-order valence-corrected chi connectivity index (χ3v) is 3.75. The highest BCUT2D eigenvalue weighted by atomic mass is 32.2. The van der Waals surface area contributed by atoms with Gasteiger partial charge >= 0.3 is 5.97 Å². The molecule has 78 valence electrons. The summed E-state index contributed by atoms with van der Waals surface area (Å²) < 4.78 is 4.60. The molecule has 0 saturated carbocycles. The number of carbonyl (C=O) groups excluding carboxylic acids is 1. The van der Waals surface area contributed by atoms with Gasteiger partial charge < -0.3 is 4.74 Å². The van der Waals surface area contributed by atoms with Crippen LogP contribution in [0.3, 0.4) is 0 Å². The van der Waals surface area contributed by atoms with Crippen LogP contribution in [0, 0.1) is 0 Å². The van der Waals surface area contributed by atoms with Crippen molar-refractivity contribution in [2.24, 2.45) is 0 Å². The number of rotatable bonds is 4. The van der Waals surface area contributed by atoms with Gasteiger partial charge in [0.15, 0.2) is 0 Å². The van der Waals surface area contributed by atoms with Gasteiger partial charge in [-0.2, -0.15) is 11.8 Å². The Morgan fingerprint density at radius 2 is 2.43 bits per heavy atom. The fourth-order valence-corrected chi connectivity index (χ4v) is 2.43. The lowest BCUT2D eigenvalue weighted by Gasteiger charge is -2.00. The van der Waals surface area contributed by atoms with Crippen molar-refractivity contribution in [1.29, 1.82) is 0 Å². The van der Waals surface area contributed by atoms with Crippen molar-refractivity contribution in [3.05, 3.63) is 16.1 Å². The molecular weight excluding hydrogens is 218 g/mol. The molecule has 1 rings (SSSR count). The first kappa shape index (κ1) is 11.5. The van der Waals surface area contributed by atoms with Gasteiger partial charge in [-0.3, -0.25) is 0 Å². The van der Waals surface area contributed by atoms with Gasteiger partial charge in [-0.25, -0.2) is 9.78 Å². The van der Waals surface area contributed by atoms with E-state index in [2.05, 4.69) is 23.6 Å². The summed E-state index contributed by atoms with van der Waals surface area (Å²) in [5.74, 6) is 0.558. The van der Waals surface area contributed by atoms with E-state index in [1.807, 2.05) is 11.8 Å². The fraction of sp³-hybridized carbons (Fsp3) is 0.556. The number of nitrogens with zero attached hydrogens (tertiary/aromatic N) is 1. The Morgan fingerprint density at radius 3 is 3.00 bits per heavy atom. The zero-order chi connectivity index (χ0) is 10.6. The SMILES string of the molecule is COC(=O)c1cnc(CSC(C)C)s1. The maximum absolute atomic E-state index is 11.1. The number of carbonyl (C=O) groups is 1. The van der Waals surface area contributed by atoms with Crippen molar-refractivity contribution >= 4 is 29.1 Å². The van der Waals surface area contributed by atoms with E-state index in [-0.39, 0.29) is 5.97 Å². The second-order valence-corrected chi connectivity index (χ2v) is 5.65. The van der Waals surface area contributed by atoms with Gasteiger partial charge in [0.05, 0.1) is 13.3 Å². The minimum Gasteiger partial charge on any atom is -0.465 e. The maximum Gasteiger partial charge on any atom is 0.349 e. The Bertz CT molecular complexity index is 310. The van der Waals surface area contributed by atoms with Crippen LogP contribution in [0.1, 0.15) is 28.5 Å². The van der Waals surface area contributed by atoms with Gasteiger partial charge in [-0.05, 0) is 5.25 Å². The van der Waals surface area contributed by atoms with E-state index in [9.17, 15) is 4.79 Å². The van der Waals surface area contributed by atoms with Crippen LogP contribution < -0.4 is 0 Å². The number of aromatic nitrogens is 1. The molecule has 3 nitrogen and oxygen atoms in total. The summed E-state index contributed by atoms with van der Waals surface area (Å²) in [4.78, 5) is 15.8. The second kappa shape index (κ2) is 5.36. The lowest BCUT2D eigenvalue weighted by Crippen LogP contribution is -1.96. The summed E-state index contributed by atoms with van der Waals surface area (Å²) in [6, 6.07) is 0. The molecule has 0 N–H and O–H groups in total. The number of thiazole rings is 1. The molecule has 1 aromatic rings. The average molecular weight is 231 g/mol. The van der Waals surface area contributed by atoms with Crippen molar-refractivity contribution < 1.29 is 9.53 Å². The van der Waals surface area contributed by atoms with Crippen molar-refractivity contribution in [3.8, 4) is 0 Å². The second-order valence-electron chi connectivity index (χ2n) is 2.97. The van der Waals surface area contributed by atoms with E-state index < -0.39 is 0 Å². The smallest absolute Gasteiger partial charge is 0.349 e. The first-order chi connectivity index (χ1) is 6.63. The molecule has 0 aliphatic heterocycles. The van der Waals surface area contributed by atoms with Crippen LogP contribution in [0.25, 0.3) is 0 Å². The normalized spacial score (nSPS) is 10.6. The molecular formula is C9H13NO2S2. The number of esters is 1. The van der Waals surface area contributed by atoms with Crippen LogP contribution in [-0.4, -0.2) is 23.3 Å². The van der Waals surface area contributed by atoms with Crippen molar-refractivity contribution in [3.63, 3.8) is 0 Å². The summed E-state index contributed by atoms with van der Waals surface area (Å²) in [5, 5.41) is 1.56. The largest absolute Gasteiger partial charge is 0.465 e. The minimum absolute atomic E-state index is 0.303. The summed E-state index contributed by atoms with van der Waals surface area (Å²) in [7, 11) is 1.38. The molecule has 1 aromatic heterocycles. The standard InChI is InChI=1S/C9H13NO2S2/c1-6(2)13-5-8-10-4-7(14-8)9(11)12-3/h4,6H,5H2,1-3H3. The number of methoxy groups -OCH3 is 1. The maximum atomic E-state index is 11.1. The predicted octanol–water partition coefficient (Wildman–Crippen LogP) is 2.57. The highest BCUT2D eigenvalue weighted by Gasteiger charge is 2.10. The van der Waals surface area contributed by atoms with Gasteiger partial charge in [0.25, 0.3) is 0 Å². The van der Waals surface area contributed by atoms with Crippen LogP contribution in [-0.2, 0) is 10.5 Å². The van der Waals surface area contributed by atoms with Crippen LogP contribution >= 0.6 is 23.1 Å². The molecule has 0 spiro atoms. The number of hydrogen-bond donors (Lipinski definition) is 0. The first-order valence-electron chi connectivity index (χ1n) is 4.28. The molecule has 5 heteroatoms. The number of thioether (sulfide) groups is 1. The van der Waals surface area contributed by atoms with Crippen molar-refractivity contribution in [2.45, 2.75) is 24.9 Å². The Balaban J connectivity index is 2.55. The molecule has 0 aliphatic carbocycles. The van der Waals surface area contributed by atoms with Gasteiger partial charge in [0.1, 0.15) is 9.88 Å². The zero-order valence-corrected chi connectivity index (χ0v) is 10.1. The minimum atomic E-state index is -0.303. The molecule has 0 fully saturated rings. The quantitative estimate of drug-likeness (QED) is 0.747. The molecule has 14 heavy (non-hydrogen) atoms. The van der Waals surface area contributed by atoms with Crippen molar-refractivity contribution in [2.75, 3.05) is 7.11 Å². The van der Waals surface area contributed by atoms with Crippen molar-refractivity contribution in [1.82, 2.24) is 4.98 Å². The molecule has 0 unspecified atom stereocenters. The Kier molecular flexibility index (Phi) is 4.41. The molecule has 0 amide bonds. The highest BCUT2D eigenvalue weighted by Crippen LogP contribution is 2.21. The molecule has 0 aromatic carbocycles. The average Bonchev–Trinajstić information content (AvgIpc) is 2.62. The molecule has 1 heterocycles. The van der Waals surface area contributed by atoms with E-state index in [0.717, 1.165) is 10.8 Å². The molecule has 0 radical (unpaired) electrons. The van der Waals surface area contributed by atoms with E-state index >= 15 is 0 Å². The van der Waals surface area contributed by atoms with Gasteiger partial charge in [0, 0.05) is 5.75 Å². The molecule has 0 aliphatic rings. The summed E-state index contributed by atoms with van der Waals surface area (Å²) in [6.45, 7) is 4.28. The summed E-state index contributed by atoms with van der Waals surface area (Å²) in [5.41, 5.74) is 0. The highest BCUT2D eigenvalue weighted by molar-refractivity contribution is 7.99. The molecule has 0 bridgehead atoms. The predicted molar refractivity (Wildman–Crippen MR) is 59.9 cm³/mol. The van der Waals surface area contributed by atoms with Gasteiger partial charge in [0.2, 0.25) is 0 Å². The Labute approximate surface area is 91.9 Å². The van der Waals surface area contributed by atoms with E-state index in [4.69, 9.17) is 0 Å². The lowest BCUT2D eigenvalue weighted by atomic mass is 10.6. The van der Waals surface area contributed by atoms with Crippen LogP contribution in [0.4, 0.5) is 0 Å². The third-order valence-electron chi connectivity index (χ3n) is 1.48. The monoisotopic (exact) mass is 231 g/mol. The third kappa shape index (κ3) is 3.31. The molecule has 0 atom stereocenters. The first-order valence-corrected chi connectivity index (χ1v) is 6.14. The van der Waals surface area contributed by atoms with E-state index in [0.29, 0.717) is 10.1 Å². The van der Waals surface area contributed by atoms with Crippen LogP contribution in [0.2, 0.25) is 0 Å². The molecule has 0 saturated heterocycles. The fourth-order valence-electron chi connectivity index (χ4n) is 0.810. The van der Waals surface area contributed by atoms with Gasteiger partial charge in [-0.1, -0.05) is 13.8 Å². The topological polar surface area (TPSA) is 39.2 Å².